The summed E-state index contributed by atoms with van der Waals surface area (Å²) in [6.07, 6.45) is 21.3. The summed E-state index contributed by atoms with van der Waals surface area (Å²) in [6, 6.07) is 0. The third kappa shape index (κ3) is 10.5. The van der Waals surface area contributed by atoms with E-state index in [4.69, 9.17) is 11.1 Å². The lowest BCUT2D eigenvalue weighted by atomic mass is 9.72. The maximum Gasteiger partial charge on any atom is 0.188 e. The molecule has 0 aromatic heterocycles. The lowest BCUT2D eigenvalue weighted by Gasteiger charge is -2.33. The molecule has 0 heterocycles. The largest absolute Gasteiger partial charge is 0.370 e. The standard InChI is InChI=1S/C25H48N4/c1-20-9-11-21(12-10-20)18-22-13-15-23(16-14-22)19-24(26)8-6-4-3-5-7-17-29-25(27)28-2/h20-23,26H,3-19H2,1-2H3,(H3,27,28,29). The van der Waals surface area contributed by atoms with Gasteiger partial charge >= 0.3 is 0 Å². The first-order chi connectivity index (χ1) is 14.1. The highest BCUT2D eigenvalue weighted by Crippen LogP contribution is 2.39. The summed E-state index contributed by atoms with van der Waals surface area (Å²) >= 11 is 0. The third-order valence-corrected chi connectivity index (χ3v) is 7.51. The monoisotopic (exact) mass is 404 g/mol. The molecule has 0 aromatic carbocycles. The molecule has 0 bridgehead atoms. The summed E-state index contributed by atoms with van der Waals surface area (Å²) in [4.78, 5) is 3.90. The minimum atomic E-state index is 0.538. The molecule has 0 unspecified atom stereocenters. The quantitative estimate of drug-likeness (QED) is 0.203. The second-order valence-corrected chi connectivity index (χ2v) is 10.1. The first-order valence-electron chi connectivity index (χ1n) is 12.6. The number of aliphatic imine (C=N–C) groups is 1. The number of hydrogen-bond acceptors (Lipinski definition) is 2. The number of nitrogens with one attached hydrogen (secondary N) is 2. The Hall–Kier alpha value is -1.06. The van der Waals surface area contributed by atoms with E-state index in [0.29, 0.717) is 5.96 Å². The SMILES string of the molecule is CN=C(N)NCCCCCCCC(=N)CC1CCC(CC2CCC(C)CC2)CC1. The smallest absolute Gasteiger partial charge is 0.188 e. The minimum absolute atomic E-state index is 0.538. The van der Waals surface area contributed by atoms with Crippen LogP contribution < -0.4 is 11.1 Å². The molecule has 0 spiro atoms. The van der Waals surface area contributed by atoms with Crippen molar-refractivity contribution in [3.63, 3.8) is 0 Å². The lowest BCUT2D eigenvalue weighted by molar-refractivity contribution is 0.197. The second kappa shape index (κ2) is 14.0. The van der Waals surface area contributed by atoms with Gasteiger partial charge in [0, 0.05) is 19.3 Å². The van der Waals surface area contributed by atoms with Crippen molar-refractivity contribution in [3.8, 4) is 0 Å². The van der Waals surface area contributed by atoms with Crippen LogP contribution in [0, 0.1) is 29.1 Å². The van der Waals surface area contributed by atoms with Crippen LogP contribution in [-0.2, 0) is 0 Å². The van der Waals surface area contributed by atoms with Gasteiger partial charge < -0.3 is 16.5 Å². The maximum atomic E-state index is 8.38. The molecule has 4 N–H and O–H groups in total. The van der Waals surface area contributed by atoms with Crippen molar-refractivity contribution in [1.82, 2.24) is 5.32 Å². The Balaban J connectivity index is 1.44. The average molecular weight is 405 g/mol. The number of unbranched alkanes of at least 4 members (excludes halogenated alkanes) is 4. The van der Waals surface area contributed by atoms with E-state index < -0.39 is 0 Å². The highest BCUT2D eigenvalue weighted by molar-refractivity contribution is 5.81. The van der Waals surface area contributed by atoms with Crippen molar-refractivity contribution >= 4 is 11.7 Å². The van der Waals surface area contributed by atoms with Gasteiger partial charge in [-0.3, -0.25) is 4.99 Å². The molecule has 0 atom stereocenters. The average Bonchev–Trinajstić information content (AvgIpc) is 2.73. The van der Waals surface area contributed by atoms with E-state index in [9.17, 15) is 0 Å². The fraction of sp³-hybridized carbons (Fsp3) is 0.920. The molecule has 2 aliphatic rings. The van der Waals surface area contributed by atoms with Crippen LogP contribution in [0.5, 0.6) is 0 Å². The zero-order chi connectivity index (χ0) is 20.9. The highest BCUT2D eigenvalue weighted by atomic mass is 15.1. The van der Waals surface area contributed by atoms with Crippen LogP contribution in [0.3, 0.4) is 0 Å². The molecule has 0 aliphatic heterocycles. The molecule has 2 saturated carbocycles. The van der Waals surface area contributed by atoms with Gasteiger partial charge in [-0.1, -0.05) is 64.7 Å². The molecule has 2 rings (SSSR count). The summed E-state index contributed by atoms with van der Waals surface area (Å²) < 4.78 is 0. The Labute approximate surface area is 180 Å². The van der Waals surface area contributed by atoms with Crippen LogP contribution in [0.15, 0.2) is 4.99 Å². The van der Waals surface area contributed by atoms with E-state index in [2.05, 4.69) is 17.2 Å². The lowest BCUT2D eigenvalue weighted by Crippen LogP contribution is -2.31. The Morgan fingerprint density at radius 2 is 1.41 bits per heavy atom. The van der Waals surface area contributed by atoms with E-state index in [1.807, 2.05) is 0 Å². The van der Waals surface area contributed by atoms with E-state index in [-0.39, 0.29) is 0 Å². The van der Waals surface area contributed by atoms with Crippen molar-refractivity contribution in [2.24, 2.45) is 34.4 Å². The molecule has 2 aliphatic carbocycles. The van der Waals surface area contributed by atoms with Crippen LogP contribution in [-0.4, -0.2) is 25.3 Å². The normalized spacial score (nSPS) is 28.3. The Kier molecular flexibility index (Phi) is 11.7. The maximum absolute atomic E-state index is 8.38. The van der Waals surface area contributed by atoms with Crippen LogP contribution >= 0.6 is 0 Å². The Morgan fingerprint density at radius 1 is 0.862 bits per heavy atom. The molecule has 4 heteroatoms. The number of guanidine groups is 1. The molecule has 168 valence electrons. The van der Waals surface area contributed by atoms with Gasteiger partial charge in [0.2, 0.25) is 0 Å². The Bertz CT molecular complexity index is 471. The molecule has 4 nitrogen and oxygen atoms in total. The Morgan fingerprint density at radius 3 is 2.07 bits per heavy atom. The predicted octanol–water partition coefficient (Wildman–Crippen LogP) is 6.29. The summed E-state index contributed by atoms with van der Waals surface area (Å²) in [7, 11) is 1.71. The molecular formula is C25H48N4. The second-order valence-electron chi connectivity index (χ2n) is 10.1. The van der Waals surface area contributed by atoms with Crippen molar-refractivity contribution < 1.29 is 0 Å². The van der Waals surface area contributed by atoms with Gasteiger partial charge in [-0.2, -0.15) is 0 Å². The summed E-state index contributed by atoms with van der Waals surface area (Å²) in [5, 5.41) is 11.5. The number of hydrogen-bond donors (Lipinski definition) is 3. The van der Waals surface area contributed by atoms with Gasteiger partial charge in [0.15, 0.2) is 5.96 Å². The molecular weight excluding hydrogens is 356 g/mol. The van der Waals surface area contributed by atoms with E-state index in [1.54, 1.807) is 7.05 Å². The van der Waals surface area contributed by atoms with E-state index in [1.165, 1.54) is 83.5 Å². The van der Waals surface area contributed by atoms with Gasteiger partial charge in [-0.25, -0.2) is 0 Å². The number of nitrogens with zero attached hydrogens (tertiary/aromatic N) is 1. The topological polar surface area (TPSA) is 74.3 Å². The van der Waals surface area contributed by atoms with Gasteiger partial charge in [0.1, 0.15) is 0 Å². The minimum Gasteiger partial charge on any atom is -0.370 e. The van der Waals surface area contributed by atoms with Gasteiger partial charge in [-0.05, 0) is 68.6 Å². The third-order valence-electron chi connectivity index (χ3n) is 7.51. The first-order valence-corrected chi connectivity index (χ1v) is 12.6. The van der Waals surface area contributed by atoms with E-state index in [0.717, 1.165) is 55.2 Å². The predicted molar refractivity (Wildman–Crippen MR) is 127 cm³/mol. The van der Waals surface area contributed by atoms with Crippen molar-refractivity contribution in [1.29, 1.82) is 5.41 Å². The van der Waals surface area contributed by atoms with Crippen LogP contribution in [0.4, 0.5) is 0 Å². The van der Waals surface area contributed by atoms with Crippen molar-refractivity contribution in [2.75, 3.05) is 13.6 Å². The van der Waals surface area contributed by atoms with Crippen LogP contribution in [0.2, 0.25) is 0 Å². The highest BCUT2D eigenvalue weighted by Gasteiger charge is 2.26. The summed E-state index contributed by atoms with van der Waals surface area (Å²) in [5.74, 6) is 4.34. The molecule has 2 fully saturated rings. The zero-order valence-corrected chi connectivity index (χ0v) is 19.4. The molecule has 0 aromatic rings. The zero-order valence-electron chi connectivity index (χ0n) is 19.4. The number of rotatable bonds is 12. The summed E-state index contributed by atoms with van der Waals surface area (Å²) in [5.41, 5.74) is 6.63. The van der Waals surface area contributed by atoms with Gasteiger partial charge in [0.05, 0.1) is 0 Å². The fourth-order valence-corrected chi connectivity index (χ4v) is 5.45. The summed E-state index contributed by atoms with van der Waals surface area (Å²) in [6.45, 7) is 3.34. The number of nitrogens with two attached hydrogens (primary N) is 1. The first kappa shape index (κ1) is 24.2. The molecule has 0 amide bonds. The molecule has 0 saturated heterocycles. The molecule has 29 heavy (non-hydrogen) atoms. The van der Waals surface area contributed by atoms with E-state index >= 15 is 0 Å². The fourth-order valence-electron chi connectivity index (χ4n) is 5.45. The van der Waals surface area contributed by atoms with Crippen LogP contribution in [0.25, 0.3) is 0 Å². The molecule has 0 radical (unpaired) electrons. The van der Waals surface area contributed by atoms with Gasteiger partial charge in [-0.15, -0.1) is 0 Å². The van der Waals surface area contributed by atoms with Crippen LogP contribution in [0.1, 0.15) is 110 Å². The van der Waals surface area contributed by atoms with Crippen molar-refractivity contribution in [3.05, 3.63) is 0 Å². The van der Waals surface area contributed by atoms with Gasteiger partial charge in [0.25, 0.3) is 0 Å². The van der Waals surface area contributed by atoms with Crippen molar-refractivity contribution in [2.45, 2.75) is 110 Å².